The largest absolute Gasteiger partial charge is 0.373 e. The van der Waals surface area contributed by atoms with Gasteiger partial charge in [0.05, 0.1) is 49.3 Å². The number of anilines is 1. The van der Waals surface area contributed by atoms with Crippen LogP contribution in [0.1, 0.15) is 25.3 Å². The Kier molecular flexibility index (Phi) is 5.00. The molecule has 0 radical (unpaired) electrons. The minimum absolute atomic E-state index is 0.296. The molecule has 8 nitrogen and oxygen atoms in total. The van der Waals surface area contributed by atoms with Gasteiger partial charge in [0, 0.05) is 12.7 Å². The third-order valence-electron chi connectivity index (χ3n) is 4.18. The number of ether oxygens (including phenoxy) is 1. The van der Waals surface area contributed by atoms with Gasteiger partial charge in [0.2, 0.25) is 5.96 Å². The molecule has 3 heterocycles. The third-order valence-corrected chi connectivity index (χ3v) is 4.18. The number of hydrogen-bond acceptors (Lipinski definition) is 5. The summed E-state index contributed by atoms with van der Waals surface area (Å²) in [6.07, 6.45) is 7.75. The molecule has 3 unspecified atom stereocenters. The van der Waals surface area contributed by atoms with Crippen molar-refractivity contribution in [2.24, 2.45) is 9.98 Å². The fourth-order valence-corrected chi connectivity index (χ4v) is 3.12. The third kappa shape index (κ3) is 3.75. The van der Waals surface area contributed by atoms with E-state index in [-0.39, 0.29) is 0 Å². The summed E-state index contributed by atoms with van der Waals surface area (Å²) in [5, 5.41) is 18.9. The van der Waals surface area contributed by atoms with Crippen LogP contribution in [0.2, 0.25) is 0 Å². The van der Waals surface area contributed by atoms with Gasteiger partial charge in [-0.1, -0.05) is 0 Å². The van der Waals surface area contributed by atoms with E-state index in [0.29, 0.717) is 43.8 Å². The monoisotopic (exact) mass is 315 g/mol. The molecule has 0 spiro atoms. The van der Waals surface area contributed by atoms with E-state index in [1.165, 1.54) is 6.42 Å². The summed E-state index contributed by atoms with van der Waals surface area (Å²) in [5.74, 6) is 0.451. The first-order valence-electron chi connectivity index (χ1n) is 7.85. The van der Waals surface area contributed by atoms with E-state index in [1.54, 1.807) is 6.20 Å². The first-order valence-corrected chi connectivity index (χ1v) is 7.85. The zero-order chi connectivity index (χ0) is 16.1. The Bertz CT molecular complexity index is 618. The number of aliphatic imine (C=N–C) groups is 2. The molecule has 1 aromatic heterocycles. The van der Waals surface area contributed by atoms with Crippen molar-refractivity contribution in [1.29, 1.82) is 5.26 Å². The Morgan fingerprint density at radius 1 is 1.57 bits per heavy atom. The first-order chi connectivity index (χ1) is 11.3. The molecule has 8 heteroatoms. The maximum atomic E-state index is 8.44. The topological polar surface area (TPSA) is 99.6 Å². The van der Waals surface area contributed by atoms with E-state index in [9.17, 15) is 0 Å². The number of guanidine groups is 1. The van der Waals surface area contributed by atoms with Crippen molar-refractivity contribution < 1.29 is 4.74 Å². The maximum Gasteiger partial charge on any atom is 0.222 e. The van der Waals surface area contributed by atoms with Gasteiger partial charge in [0.15, 0.2) is 0 Å². The second-order valence-corrected chi connectivity index (χ2v) is 5.71. The Labute approximate surface area is 135 Å². The Balaban J connectivity index is 1.54. The number of fused-ring (bicyclic) bond motifs is 2. The predicted molar refractivity (Wildman–Crippen MR) is 87.7 cm³/mol. The van der Waals surface area contributed by atoms with Gasteiger partial charge in [-0.3, -0.25) is 4.68 Å². The number of nitriles is 1. The molecular formula is C15H21N7O. The van der Waals surface area contributed by atoms with Crippen molar-refractivity contribution in [2.75, 3.05) is 25.0 Å². The van der Waals surface area contributed by atoms with E-state index in [4.69, 9.17) is 10.00 Å². The summed E-state index contributed by atoms with van der Waals surface area (Å²) < 4.78 is 7.85. The molecule has 23 heavy (non-hydrogen) atoms. The van der Waals surface area contributed by atoms with E-state index in [0.717, 1.165) is 18.5 Å². The van der Waals surface area contributed by atoms with Crippen molar-refractivity contribution in [3.8, 4) is 6.07 Å². The summed E-state index contributed by atoms with van der Waals surface area (Å²) in [4.78, 5) is 8.18. The molecule has 2 saturated heterocycles. The lowest BCUT2D eigenvalue weighted by Gasteiger charge is -2.18. The summed E-state index contributed by atoms with van der Waals surface area (Å²) in [5.41, 5.74) is 0.837. The summed E-state index contributed by atoms with van der Waals surface area (Å²) >= 11 is 0. The van der Waals surface area contributed by atoms with Crippen LogP contribution >= 0.6 is 0 Å². The highest BCUT2D eigenvalue weighted by Crippen LogP contribution is 2.41. The van der Waals surface area contributed by atoms with Crippen molar-refractivity contribution in [3.05, 3.63) is 12.4 Å². The van der Waals surface area contributed by atoms with Gasteiger partial charge in [0.25, 0.3) is 0 Å². The summed E-state index contributed by atoms with van der Waals surface area (Å²) in [6, 6.07) is 2.35. The highest BCUT2D eigenvalue weighted by atomic mass is 16.5. The molecule has 2 bridgehead atoms. The molecule has 2 N–H and O–H groups in total. The molecule has 0 aromatic carbocycles. The lowest BCUT2D eigenvalue weighted by atomic mass is 9.96. The standard InChI is InChI=1S/C15H21N7O/c1-17-15(19-7-6-18-5-4-16)21-11-9-20-22(10-11)13-8-12-2-3-14(13)23-12/h9-10,12-14,18H,1-3,5-8H2,(H,19,21). The molecule has 2 fully saturated rings. The molecule has 0 amide bonds. The van der Waals surface area contributed by atoms with Crippen molar-refractivity contribution in [1.82, 2.24) is 15.1 Å². The first kappa shape index (κ1) is 15.6. The quantitative estimate of drug-likeness (QED) is 0.352. The molecule has 1 aromatic rings. The second-order valence-electron chi connectivity index (χ2n) is 5.71. The molecule has 2 aliphatic heterocycles. The van der Waals surface area contributed by atoms with Crippen molar-refractivity contribution in [2.45, 2.75) is 37.5 Å². The van der Waals surface area contributed by atoms with Crippen LogP contribution in [-0.4, -0.2) is 54.3 Å². The average molecular weight is 315 g/mol. The van der Waals surface area contributed by atoms with Crippen LogP contribution in [0, 0.1) is 11.3 Å². The van der Waals surface area contributed by atoms with Crippen LogP contribution in [0.4, 0.5) is 5.69 Å². The normalized spacial score (nSPS) is 26.2. The van der Waals surface area contributed by atoms with Crippen LogP contribution in [-0.2, 0) is 4.74 Å². The number of nitrogens with zero attached hydrogens (tertiary/aromatic N) is 5. The van der Waals surface area contributed by atoms with E-state index >= 15 is 0 Å². The maximum absolute atomic E-state index is 8.44. The Morgan fingerprint density at radius 2 is 2.48 bits per heavy atom. The second kappa shape index (κ2) is 7.35. The molecule has 0 saturated carbocycles. The predicted octanol–water partition coefficient (Wildman–Crippen LogP) is 0.957. The SMILES string of the molecule is C=NC(=NCCNCC#N)Nc1cnn(C2CC3CCC2O3)c1. The minimum Gasteiger partial charge on any atom is -0.373 e. The number of aromatic nitrogens is 2. The van der Waals surface area contributed by atoms with E-state index in [1.807, 2.05) is 16.9 Å². The fraction of sp³-hybridized carbons (Fsp3) is 0.600. The molecule has 3 rings (SSSR count). The van der Waals surface area contributed by atoms with E-state index < -0.39 is 0 Å². The average Bonchev–Trinajstić information content (AvgIpc) is 3.29. The highest BCUT2D eigenvalue weighted by molar-refractivity contribution is 5.96. The number of rotatable bonds is 6. The highest BCUT2D eigenvalue weighted by Gasteiger charge is 2.42. The minimum atomic E-state index is 0.296. The van der Waals surface area contributed by atoms with Gasteiger partial charge >= 0.3 is 0 Å². The molecule has 0 aliphatic carbocycles. The molecule has 2 aliphatic rings. The van der Waals surface area contributed by atoms with Crippen LogP contribution < -0.4 is 10.6 Å². The molecular weight excluding hydrogens is 294 g/mol. The number of nitrogens with one attached hydrogen (secondary N) is 2. The fourth-order valence-electron chi connectivity index (χ4n) is 3.12. The smallest absolute Gasteiger partial charge is 0.222 e. The zero-order valence-electron chi connectivity index (χ0n) is 13.0. The van der Waals surface area contributed by atoms with E-state index in [2.05, 4.69) is 32.4 Å². The molecule has 3 atom stereocenters. The van der Waals surface area contributed by atoms with Crippen LogP contribution in [0.15, 0.2) is 22.4 Å². The zero-order valence-corrected chi connectivity index (χ0v) is 13.0. The van der Waals surface area contributed by atoms with Gasteiger partial charge in [-0.15, -0.1) is 0 Å². The van der Waals surface area contributed by atoms with Gasteiger partial charge in [0.1, 0.15) is 0 Å². The van der Waals surface area contributed by atoms with Crippen LogP contribution in [0.3, 0.4) is 0 Å². The van der Waals surface area contributed by atoms with Crippen LogP contribution in [0.25, 0.3) is 0 Å². The Hall–Kier alpha value is -2.24. The van der Waals surface area contributed by atoms with Gasteiger partial charge in [-0.25, -0.2) is 9.98 Å². The summed E-state index contributed by atoms with van der Waals surface area (Å²) in [7, 11) is 0. The lowest BCUT2D eigenvalue weighted by Crippen LogP contribution is -2.21. The van der Waals surface area contributed by atoms with Gasteiger partial charge in [-0.05, 0) is 26.0 Å². The van der Waals surface area contributed by atoms with Crippen molar-refractivity contribution >= 4 is 18.4 Å². The van der Waals surface area contributed by atoms with Crippen molar-refractivity contribution in [3.63, 3.8) is 0 Å². The lowest BCUT2D eigenvalue weighted by molar-refractivity contribution is 0.0922. The Morgan fingerprint density at radius 3 is 3.17 bits per heavy atom. The van der Waals surface area contributed by atoms with Gasteiger partial charge < -0.3 is 15.4 Å². The molecule has 122 valence electrons. The van der Waals surface area contributed by atoms with Crippen LogP contribution in [0.5, 0.6) is 0 Å². The van der Waals surface area contributed by atoms with Gasteiger partial charge in [-0.2, -0.15) is 10.4 Å². The summed E-state index contributed by atoms with van der Waals surface area (Å²) in [6.45, 7) is 4.99. The number of hydrogen-bond donors (Lipinski definition) is 2.